The Morgan fingerprint density at radius 2 is 2.12 bits per heavy atom. The zero-order valence-electron chi connectivity index (χ0n) is 13.7. The summed E-state index contributed by atoms with van der Waals surface area (Å²) in [7, 11) is 0. The van der Waals surface area contributed by atoms with Crippen molar-refractivity contribution < 1.29 is 14.4 Å². The van der Waals surface area contributed by atoms with E-state index in [0.29, 0.717) is 13.1 Å². The summed E-state index contributed by atoms with van der Waals surface area (Å²) in [4.78, 5) is 42.6. The summed E-state index contributed by atoms with van der Waals surface area (Å²) in [6.07, 6.45) is 0.825. The van der Waals surface area contributed by atoms with Crippen LogP contribution < -0.4 is 5.32 Å². The quantitative estimate of drug-likeness (QED) is 0.836. The fourth-order valence-electron chi connectivity index (χ4n) is 3.27. The molecule has 6 nitrogen and oxygen atoms in total. The predicted octanol–water partition coefficient (Wildman–Crippen LogP) is 2.16. The van der Waals surface area contributed by atoms with E-state index in [9.17, 15) is 14.4 Å². The number of carbonyl (C=O) groups is 3. The molecule has 1 saturated heterocycles. The molecule has 0 saturated carbocycles. The van der Waals surface area contributed by atoms with Crippen LogP contribution in [0.15, 0.2) is 29.0 Å². The van der Waals surface area contributed by atoms with Gasteiger partial charge < -0.3 is 10.2 Å². The maximum atomic E-state index is 12.8. The highest BCUT2D eigenvalue weighted by Gasteiger charge is 2.50. The summed E-state index contributed by atoms with van der Waals surface area (Å²) in [5.41, 5.74) is 0.0683. The van der Waals surface area contributed by atoms with Gasteiger partial charge in [-0.25, -0.2) is 4.79 Å². The number of nitrogens with one attached hydrogen (secondary N) is 1. The molecular formula is C17H17N3O3S2. The van der Waals surface area contributed by atoms with Gasteiger partial charge in [-0.15, -0.1) is 22.7 Å². The number of nitrogens with zero attached hydrogens (tertiary/aromatic N) is 2. The first-order valence-corrected chi connectivity index (χ1v) is 9.76. The third kappa shape index (κ3) is 2.65. The molecule has 2 aromatic rings. The van der Waals surface area contributed by atoms with Crippen molar-refractivity contribution in [2.75, 3.05) is 13.1 Å². The topological polar surface area (TPSA) is 69.7 Å². The molecule has 0 radical (unpaired) electrons. The Bertz CT molecular complexity index is 845. The molecule has 130 valence electrons. The molecule has 0 spiro atoms. The first-order valence-electron chi connectivity index (χ1n) is 8.00. The lowest BCUT2D eigenvalue weighted by Gasteiger charge is -2.28. The zero-order valence-corrected chi connectivity index (χ0v) is 15.3. The Kier molecular flexibility index (Phi) is 3.88. The van der Waals surface area contributed by atoms with E-state index >= 15 is 0 Å². The highest BCUT2D eigenvalue weighted by molar-refractivity contribution is 7.10. The average Bonchev–Trinajstić information content (AvgIpc) is 3.31. The Morgan fingerprint density at radius 3 is 2.88 bits per heavy atom. The minimum Gasteiger partial charge on any atom is -0.336 e. The van der Waals surface area contributed by atoms with Crippen molar-refractivity contribution in [3.63, 3.8) is 0 Å². The molecule has 4 amide bonds. The van der Waals surface area contributed by atoms with Crippen LogP contribution in [0.3, 0.4) is 0 Å². The number of hydrogen-bond donors (Lipinski definition) is 1. The first-order chi connectivity index (χ1) is 12.0. The minimum absolute atomic E-state index is 0.198. The molecule has 2 aliphatic rings. The molecular weight excluding hydrogens is 358 g/mol. The number of imide groups is 1. The molecule has 25 heavy (non-hydrogen) atoms. The number of amides is 4. The molecule has 4 rings (SSSR count). The van der Waals surface area contributed by atoms with E-state index < -0.39 is 11.6 Å². The smallest absolute Gasteiger partial charge is 0.325 e. The maximum Gasteiger partial charge on any atom is 0.325 e. The Morgan fingerprint density at radius 1 is 1.28 bits per heavy atom. The van der Waals surface area contributed by atoms with Gasteiger partial charge in [-0.05, 0) is 41.8 Å². The van der Waals surface area contributed by atoms with Crippen LogP contribution in [0.25, 0.3) is 0 Å². The van der Waals surface area contributed by atoms with Gasteiger partial charge in [0.1, 0.15) is 6.54 Å². The highest BCUT2D eigenvalue weighted by Crippen LogP contribution is 2.32. The van der Waals surface area contributed by atoms with Crippen LogP contribution in [0, 0.1) is 0 Å². The van der Waals surface area contributed by atoms with Gasteiger partial charge in [0, 0.05) is 22.8 Å². The van der Waals surface area contributed by atoms with Gasteiger partial charge in [0.25, 0.3) is 5.91 Å². The molecule has 2 aliphatic heterocycles. The molecule has 8 heteroatoms. The largest absolute Gasteiger partial charge is 0.336 e. The van der Waals surface area contributed by atoms with Gasteiger partial charge in [-0.3, -0.25) is 14.5 Å². The van der Waals surface area contributed by atoms with E-state index in [1.807, 2.05) is 29.0 Å². The molecule has 2 aromatic heterocycles. The van der Waals surface area contributed by atoms with E-state index in [1.165, 1.54) is 16.2 Å². The highest BCUT2D eigenvalue weighted by atomic mass is 32.1. The summed E-state index contributed by atoms with van der Waals surface area (Å²) < 4.78 is 0. The molecule has 0 aromatic carbocycles. The van der Waals surface area contributed by atoms with Crippen LogP contribution in [0.1, 0.15) is 22.2 Å². The van der Waals surface area contributed by atoms with E-state index in [1.54, 1.807) is 23.2 Å². The van der Waals surface area contributed by atoms with E-state index in [2.05, 4.69) is 5.32 Å². The summed E-state index contributed by atoms with van der Waals surface area (Å²) in [6, 6.07) is 5.17. The minimum atomic E-state index is -1.09. The normalized spacial score (nSPS) is 22.9. The van der Waals surface area contributed by atoms with Crippen LogP contribution in [0.5, 0.6) is 0 Å². The number of carbonyl (C=O) groups excluding carboxylic acids is 3. The van der Waals surface area contributed by atoms with Gasteiger partial charge in [0.05, 0.1) is 0 Å². The van der Waals surface area contributed by atoms with Gasteiger partial charge in [0.15, 0.2) is 5.54 Å². The van der Waals surface area contributed by atoms with Crippen molar-refractivity contribution in [1.29, 1.82) is 0 Å². The molecule has 1 atom stereocenters. The van der Waals surface area contributed by atoms with Crippen molar-refractivity contribution in [3.8, 4) is 0 Å². The summed E-state index contributed by atoms with van der Waals surface area (Å²) in [5, 5.41) is 6.62. The second kappa shape index (κ2) is 5.96. The fraction of sp³-hybridized carbons (Fsp3) is 0.353. The van der Waals surface area contributed by atoms with E-state index in [0.717, 1.165) is 21.8 Å². The lowest BCUT2D eigenvalue weighted by molar-refractivity contribution is -0.139. The monoisotopic (exact) mass is 375 g/mol. The molecule has 0 bridgehead atoms. The molecule has 0 aliphatic carbocycles. The third-order valence-electron chi connectivity index (χ3n) is 4.74. The van der Waals surface area contributed by atoms with Gasteiger partial charge in [-0.2, -0.15) is 0 Å². The lowest BCUT2D eigenvalue weighted by Crippen LogP contribution is -2.45. The number of thiophene rings is 2. The summed E-state index contributed by atoms with van der Waals surface area (Å²) in [5.74, 6) is -0.572. The van der Waals surface area contributed by atoms with Crippen LogP contribution >= 0.6 is 22.7 Å². The lowest BCUT2D eigenvalue weighted by atomic mass is 10.0. The number of hydrogen-bond acceptors (Lipinski definition) is 5. The summed E-state index contributed by atoms with van der Waals surface area (Å²) >= 11 is 3.12. The number of urea groups is 1. The van der Waals surface area contributed by atoms with Crippen molar-refractivity contribution >= 4 is 40.5 Å². The van der Waals surface area contributed by atoms with Crippen molar-refractivity contribution in [2.45, 2.75) is 25.4 Å². The maximum absolute atomic E-state index is 12.8. The van der Waals surface area contributed by atoms with Gasteiger partial charge in [-0.1, -0.05) is 6.07 Å². The Labute approximate surface area is 153 Å². The summed E-state index contributed by atoms with van der Waals surface area (Å²) in [6.45, 7) is 2.63. The SMILES string of the molecule is CC1(c2cccs2)NC(=O)N(CC(=O)N2CCc3sccc3C2)C1=O. The van der Waals surface area contributed by atoms with Crippen LogP contribution in [0.2, 0.25) is 0 Å². The van der Waals surface area contributed by atoms with E-state index in [-0.39, 0.29) is 18.4 Å². The van der Waals surface area contributed by atoms with E-state index in [4.69, 9.17) is 0 Å². The molecule has 1 fully saturated rings. The first kappa shape index (κ1) is 16.3. The number of rotatable bonds is 3. The predicted molar refractivity (Wildman–Crippen MR) is 95.4 cm³/mol. The van der Waals surface area contributed by atoms with Crippen LogP contribution in [-0.2, 0) is 28.1 Å². The molecule has 1 unspecified atom stereocenters. The molecule has 1 N–H and O–H groups in total. The van der Waals surface area contributed by atoms with Gasteiger partial charge >= 0.3 is 6.03 Å². The second-order valence-corrected chi connectivity index (χ2v) is 8.31. The van der Waals surface area contributed by atoms with Crippen LogP contribution in [0.4, 0.5) is 4.79 Å². The average molecular weight is 375 g/mol. The number of fused-ring (bicyclic) bond motifs is 1. The second-order valence-electron chi connectivity index (χ2n) is 6.36. The van der Waals surface area contributed by atoms with Crippen molar-refractivity contribution in [1.82, 2.24) is 15.1 Å². The third-order valence-corrected chi connectivity index (χ3v) is 6.86. The Balaban J connectivity index is 1.48. The van der Waals surface area contributed by atoms with Crippen molar-refractivity contribution in [3.05, 3.63) is 44.3 Å². The Hall–Kier alpha value is -2.19. The zero-order chi connectivity index (χ0) is 17.6. The van der Waals surface area contributed by atoms with Gasteiger partial charge in [0.2, 0.25) is 5.91 Å². The van der Waals surface area contributed by atoms with Crippen LogP contribution in [-0.4, -0.2) is 40.7 Å². The fourth-order valence-corrected chi connectivity index (χ4v) is 4.99. The van der Waals surface area contributed by atoms with Crippen molar-refractivity contribution in [2.24, 2.45) is 0 Å². The standard InChI is InChI=1S/C17H17N3O3S2/c1-17(13-3-2-7-25-13)15(22)20(16(23)18-17)10-14(21)19-6-4-12-11(9-19)5-8-24-12/h2-3,5,7-8H,4,6,9-10H2,1H3,(H,18,23). The molecule has 4 heterocycles.